The van der Waals surface area contributed by atoms with Crippen molar-refractivity contribution in [2.75, 3.05) is 33.5 Å². The second-order valence-corrected chi connectivity index (χ2v) is 17.0. The van der Waals surface area contributed by atoms with E-state index in [0.29, 0.717) is 39.0 Å². The first kappa shape index (κ1) is 47.6. The molecule has 318 valence electrons. The van der Waals surface area contributed by atoms with Gasteiger partial charge < -0.3 is 24.1 Å². The van der Waals surface area contributed by atoms with Gasteiger partial charge in [-0.05, 0) is 81.7 Å². The third kappa shape index (κ3) is 10.1. The lowest BCUT2D eigenvalue weighted by atomic mass is 9.84. The molecule has 3 aliphatic heterocycles. The number of pyridine rings is 1. The number of amides is 2. The van der Waals surface area contributed by atoms with Gasteiger partial charge in [0.15, 0.2) is 0 Å². The second-order valence-electron chi connectivity index (χ2n) is 16.0. The number of ether oxygens (including phenoxy) is 3. The van der Waals surface area contributed by atoms with E-state index in [2.05, 4.69) is 60.3 Å². The fraction of sp³-hybridized carbons (Fsp3) is 0.548. The maximum Gasteiger partial charge on any atom is 0.324 e. The molecular weight excluding hydrogens is 813 g/mol. The first-order chi connectivity index (χ1) is 26.5. The molecule has 3 aliphatic rings. The molecule has 58 heavy (non-hydrogen) atoms. The number of aromatic nitrogens is 3. The van der Waals surface area contributed by atoms with Crippen LogP contribution in [0.3, 0.4) is 0 Å². The van der Waals surface area contributed by atoms with Crippen molar-refractivity contribution in [1.82, 2.24) is 30.3 Å². The smallest absolute Gasteiger partial charge is 0.324 e. The Hall–Kier alpha value is -3.12. The van der Waals surface area contributed by atoms with Gasteiger partial charge in [0.1, 0.15) is 12.1 Å². The van der Waals surface area contributed by atoms with Crippen LogP contribution < -0.4 is 10.7 Å². The quantitative estimate of drug-likeness (QED) is 0.197. The molecule has 7 rings (SSSR count). The van der Waals surface area contributed by atoms with E-state index in [4.69, 9.17) is 24.2 Å². The molecule has 1 aromatic carbocycles. The van der Waals surface area contributed by atoms with Crippen LogP contribution in [0.25, 0.3) is 33.4 Å². The predicted molar refractivity (Wildman–Crippen MR) is 243 cm³/mol. The fourth-order valence-corrected chi connectivity index (χ4v) is 9.15. The number of fused-ring (bicyclic) bond motifs is 6. The Morgan fingerprint density at radius 3 is 2.60 bits per heavy atom. The Kier molecular flexibility index (Phi) is 16.7. The first-order valence-electron chi connectivity index (χ1n) is 19.7. The summed E-state index contributed by atoms with van der Waals surface area (Å²) in [4.78, 5) is 51.5. The topological polar surface area (TPSA) is 137 Å². The number of methoxy groups -OCH3 is 1. The van der Waals surface area contributed by atoms with E-state index < -0.39 is 23.5 Å². The normalized spacial score (nSPS) is 21.0. The molecular formula is C42H60N6O6S4. The lowest BCUT2D eigenvalue weighted by Crippen LogP contribution is -2.61. The largest absolute Gasteiger partial charge is 0.464 e. The Morgan fingerprint density at radius 2 is 1.88 bits per heavy atom. The highest BCUT2D eigenvalue weighted by Gasteiger charge is 2.37. The van der Waals surface area contributed by atoms with Crippen LogP contribution in [0.4, 0.5) is 0 Å². The van der Waals surface area contributed by atoms with Crippen molar-refractivity contribution in [1.29, 1.82) is 0 Å². The number of rotatable bonds is 7. The van der Waals surface area contributed by atoms with Gasteiger partial charge in [-0.15, -0.1) is 11.3 Å². The average molecular weight is 873 g/mol. The number of carbonyl (C=O) groups is 3. The van der Waals surface area contributed by atoms with Crippen LogP contribution in [-0.2, 0) is 48.0 Å². The molecule has 16 heteroatoms. The summed E-state index contributed by atoms with van der Waals surface area (Å²) < 4.78 is 19.7. The number of hydrogen-bond acceptors (Lipinski definition) is 10. The molecule has 12 nitrogen and oxygen atoms in total. The highest BCUT2D eigenvalue weighted by atomic mass is 32.1. The van der Waals surface area contributed by atoms with Gasteiger partial charge in [0, 0.05) is 84.8 Å². The van der Waals surface area contributed by atoms with E-state index >= 15 is 0 Å². The first-order valence-corrected chi connectivity index (χ1v) is 20.6. The Morgan fingerprint density at radius 1 is 1.12 bits per heavy atom. The number of cyclic esters (lactones) is 1. The summed E-state index contributed by atoms with van der Waals surface area (Å²) in [5.41, 5.74) is 9.65. The number of hydrazine groups is 1. The minimum absolute atomic E-state index is 0. The van der Waals surface area contributed by atoms with Crippen LogP contribution >= 0.6 is 51.8 Å². The van der Waals surface area contributed by atoms with Gasteiger partial charge in [-0.25, -0.2) is 10.4 Å². The number of carbonyl (C=O) groups excluding carboxylic acids is 3. The van der Waals surface area contributed by atoms with Crippen molar-refractivity contribution in [3.05, 3.63) is 58.2 Å². The highest BCUT2D eigenvalue weighted by molar-refractivity contribution is 7.59. The van der Waals surface area contributed by atoms with Crippen LogP contribution in [0.15, 0.2) is 41.9 Å². The van der Waals surface area contributed by atoms with Crippen molar-refractivity contribution in [2.45, 2.75) is 97.9 Å². The van der Waals surface area contributed by atoms with Gasteiger partial charge in [0.25, 0.3) is 5.91 Å². The van der Waals surface area contributed by atoms with Crippen molar-refractivity contribution in [3.8, 4) is 22.5 Å². The molecule has 1 unspecified atom stereocenters. The maximum atomic E-state index is 14.3. The molecule has 0 saturated carbocycles. The highest BCUT2D eigenvalue weighted by Crippen LogP contribution is 2.42. The predicted octanol–water partition coefficient (Wildman–Crippen LogP) is 6.60. The summed E-state index contributed by atoms with van der Waals surface area (Å²) in [6, 6.07) is 8.99. The van der Waals surface area contributed by atoms with Crippen LogP contribution in [0, 0.1) is 17.3 Å². The number of nitrogens with one attached hydrogen (secondary N) is 2. The monoisotopic (exact) mass is 872 g/mol. The number of thiazole rings is 1. The number of benzene rings is 1. The molecule has 6 heterocycles. The molecule has 2 saturated heterocycles. The summed E-state index contributed by atoms with van der Waals surface area (Å²) in [6.45, 7) is 12.9. The number of hydrogen-bond donors (Lipinski definition) is 2. The zero-order valence-electron chi connectivity index (χ0n) is 34.4. The van der Waals surface area contributed by atoms with Crippen molar-refractivity contribution in [2.24, 2.45) is 17.3 Å². The molecule has 4 atom stereocenters. The molecule has 6 bridgehead atoms. The van der Waals surface area contributed by atoms with Crippen molar-refractivity contribution >= 4 is 80.5 Å². The van der Waals surface area contributed by atoms with E-state index in [1.165, 1.54) is 16.3 Å². The summed E-state index contributed by atoms with van der Waals surface area (Å²) in [7, 11) is 1.70. The Balaban J connectivity index is 0.00000248. The lowest BCUT2D eigenvalue weighted by Gasteiger charge is -2.36. The standard InChI is InChI=1S/C42H54N6O6S.3H2S/c1-7-47-35-13-12-28-20-30(35)31(38(47)29-10-8-16-43-37(29)26(3)52-6)22-42(4,5)24-54-41(51)32-11-9-17-48(46-32)40(50)33(21-36-44-34(28)23-55-36)45-39(49)25(2)27-14-18-53-19-15-27;;;/h8,10,12-13,16,20,23,25-27,32-33,46H,7,9,11,14-15,17-19,21-22,24H2,1-6H3,(H,45,49);3*1H2/t25?,26-,32-,33-;;;/m0.../s1. The van der Waals surface area contributed by atoms with Crippen molar-refractivity contribution in [3.63, 3.8) is 0 Å². The van der Waals surface area contributed by atoms with Crippen LogP contribution in [0.5, 0.6) is 0 Å². The molecule has 3 aromatic heterocycles. The third-order valence-corrected chi connectivity index (χ3v) is 12.4. The second kappa shape index (κ2) is 20.4. The number of aryl methyl sites for hydroxylation is 1. The van der Waals surface area contributed by atoms with Gasteiger partial charge in [0.2, 0.25) is 5.91 Å². The molecule has 0 radical (unpaired) electrons. The van der Waals surface area contributed by atoms with Gasteiger partial charge in [-0.1, -0.05) is 26.8 Å². The van der Waals surface area contributed by atoms with E-state index in [0.717, 1.165) is 69.1 Å². The maximum absolute atomic E-state index is 14.3. The summed E-state index contributed by atoms with van der Waals surface area (Å²) >= 11 is 1.48. The summed E-state index contributed by atoms with van der Waals surface area (Å²) in [5, 5.41) is 8.46. The van der Waals surface area contributed by atoms with Gasteiger partial charge in [-0.3, -0.25) is 24.4 Å². The van der Waals surface area contributed by atoms with Gasteiger partial charge >= 0.3 is 5.97 Å². The number of nitrogens with zero attached hydrogens (tertiary/aromatic N) is 4. The van der Waals surface area contributed by atoms with Crippen LogP contribution in [0.1, 0.15) is 82.7 Å². The molecule has 0 spiro atoms. The Bertz CT molecular complexity index is 2050. The molecule has 2 fully saturated rings. The minimum Gasteiger partial charge on any atom is -0.464 e. The SMILES string of the molecule is CCn1c(-c2cccnc2[C@H](C)OC)c2c3cc(ccc31)-c1csc(n1)C[C@H](NC(=O)C(C)C1CCOCC1)C(=O)N1CCC[C@H](N1)C(=O)OCC(C)(C)C2.S.S.S. The summed E-state index contributed by atoms with van der Waals surface area (Å²) in [6.07, 6.45) is 5.20. The van der Waals surface area contributed by atoms with E-state index in [1.807, 2.05) is 25.3 Å². The average Bonchev–Trinajstić information content (AvgIpc) is 3.80. The zero-order chi connectivity index (χ0) is 38.9. The van der Waals surface area contributed by atoms with Crippen molar-refractivity contribution < 1.29 is 28.6 Å². The molecule has 4 aromatic rings. The fourth-order valence-electron chi connectivity index (χ4n) is 8.30. The lowest BCUT2D eigenvalue weighted by molar-refractivity contribution is -0.155. The molecule has 0 aliphatic carbocycles. The van der Waals surface area contributed by atoms with E-state index in [-0.39, 0.29) is 83.3 Å². The minimum atomic E-state index is -0.868. The van der Waals surface area contributed by atoms with E-state index in [9.17, 15) is 14.4 Å². The van der Waals surface area contributed by atoms with Gasteiger partial charge in [0.05, 0.1) is 34.8 Å². The van der Waals surface area contributed by atoms with Crippen LogP contribution in [0.2, 0.25) is 0 Å². The molecule has 2 N–H and O–H groups in total. The van der Waals surface area contributed by atoms with Gasteiger partial charge in [-0.2, -0.15) is 40.5 Å². The Labute approximate surface area is 366 Å². The third-order valence-electron chi connectivity index (χ3n) is 11.5. The number of esters is 1. The summed E-state index contributed by atoms with van der Waals surface area (Å²) in [5.74, 6) is -0.946. The molecule has 2 amide bonds. The van der Waals surface area contributed by atoms with Crippen LogP contribution in [-0.4, -0.2) is 82.9 Å². The van der Waals surface area contributed by atoms with E-state index in [1.54, 1.807) is 13.3 Å². The zero-order valence-corrected chi connectivity index (χ0v) is 38.2.